The van der Waals surface area contributed by atoms with Crippen LogP contribution < -0.4 is 15.8 Å². The molecule has 1 amide bonds. The Morgan fingerprint density at radius 2 is 1.58 bits per heavy atom. The summed E-state index contributed by atoms with van der Waals surface area (Å²) in [5.41, 5.74) is 6.46. The van der Waals surface area contributed by atoms with E-state index in [1.807, 2.05) is 60.7 Å². The van der Waals surface area contributed by atoms with E-state index in [2.05, 4.69) is 20.8 Å². The van der Waals surface area contributed by atoms with Gasteiger partial charge in [-0.2, -0.15) is 0 Å². The van der Waals surface area contributed by atoms with Crippen LogP contribution in [0.25, 0.3) is 0 Å². The number of rotatable bonds is 9. The highest BCUT2D eigenvalue weighted by molar-refractivity contribution is 5.92. The Balaban J connectivity index is 1.67. The number of carbonyl (C=O) groups is 1. The molecule has 2 heterocycles. The van der Waals surface area contributed by atoms with Crippen LogP contribution in [0.1, 0.15) is 21.7 Å². The van der Waals surface area contributed by atoms with Crippen molar-refractivity contribution < 1.29 is 14.1 Å². The maximum Gasteiger partial charge on any atom is 0.355 e. The fourth-order valence-corrected chi connectivity index (χ4v) is 3.26. The molecule has 10 nitrogen and oxygen atoms in total. The first-order chi connectivity index (χ1) is 16.1. The minimum absolute atomic E-state index is 0.0502. The van der Waals surface area contributed by atoms with Gasteiger partial charge < -0.3 is 9.32 Å². The Bertz CT molecular complexity index is 1170. The van der Waals surface area contributed by atoms with Crippen molar-refractivity contribution in [1.82, 2.24) is 15.4 Å². The first kappa shape index (κ1) is 21.5. The summed E-state index contributed by atoms with van der Waals surface area (Å²) < 4.78 is 5.03. The van der Waals surface area contributed by atoms with E-state index in [0.29, 0.717) is 13.1 Å². The van der Waals surface area contributed by atoms with E-state index in [0.717, 1.165) is 11.1 Å². The van der Waals surface area contributed by atoms with Crippen molar-refractivity contribution in [2.45, 2.75) is 13.1 Å². The molecule has 0 fully saturated rings. The second kappa shape index (κ2) is 10.1. The first-order valence-corrected chi connectivity index (χ1v) is 10.0. The van der Waals surface area contributed by atoms with E-state index in [1.54, 1.807) is 11.0 Å². The van der Waals surface area contributed by atoms with Crippen LogP contribution in [0.5, 0.6) is 0 Å². The smallest absolute Gasteiger partial charge is 0.355 e. The summed E-state index contributed by atoms with van der Waals surface area (Å²) in [4.78, 5) is 33.7. The molecule has 0 saturated heterocycles. The van der Waals surface area contributed by atoms with Gasteiger partial charge in [-0.25, -0.2) is 9.97 Å². The lowest BCUT2D eigenvalue weighted by atomic mass is 10.1. The van der Waals surface area contributed by atoms with Crippen LogP contribution in [0.15, 0.2) is 89.8 Å². The van der Waals surface area contributed by atoms with Crippen LogP contribution >= 0.6 is 0 Å². The monoisotopic (exact) mass is 444 g/mol. The standard InChI is InChI=1S/C23H20N6O4/c30-23(19-12-7-13-33-19)27-26-21-20(29(31)32)22(25-16-24-21)28(14-17-8-3-1-4-9-17)15-18-10-5-2-6-11-18/h1-13,16H,14-15H2,(H,27,30)(H,24,25,26). The quantitative estimate of drug-likeness (QED) is 0.294. The lowest BCUT2D eigenvalue weighted by Crippen LogP contribution is -2.31. The number of hydrogen-bond acceptors (Lipinski definition) is 8. The number of nitrogens with zero attached hydrogens (tertiary/aromatic N) is 4. The van der Waals surface area contributed by atoms with E-state index in [1.165, 1.54) is 18.7 Å². The molecule has 0 aliphatic heterocycles. The normalized spacial score (nSPS) is 10.4. The third-order valence-corrected chi connectivity index (χ3v) is 4.76. The molecular formula is C23H20N6O4. The van der Waals surface area contributed by atoms with Crippen molar-refractivity contribution >= 4 is 23.2 Å². The van der Waals surface area contributed by atoms with Crippen molar-refractivity contribution in [3.8, 4) is 0 Å². The number of hydrogen-bond donors (Lipinski definition) is 2. The number of amides is 1. The molecule has 4 rings (SSSR count). The summed E-state index contributed by atoms with van der Waals surface area (Å²) in [7, 11) is 0. The summed E-state index contributed by atoms with van der Waals surface area (Å²) in [5, 5.41) is 12.1. The van der Waals surface area contributed by atoms with Crippen LogP contribution in [0.4, 0.5) is 17.3 Å². The van der Waals surface area contributed by atoms with Crippen LogP contribution in [0, 0.1) is 10.1 Å². The van der Waals surface area contributed by atoms with Gasteiger partial charge in [0, 0.05) is 13.1 Å². The van der Waals surface area contributed by atoms with Gasteiger partial charge in [-0.15, -0.1) is 0 Å². The number of hydrazine groups is 1. The van der Waals surface area contributed by atoms with E-state index in [-0.39, 0.29) is 23.1 Å². The summed E-state index contributed by atoms with van der Waals surface area (Å²) in [6.45, 7) is 0.761. The topological polar surface area (TPSA) is 126 Å². The van der Waals surface area contributed by atoms with Gasteiger partial charge in [0.25, 0.3) is 0 Å². The van der Waals surface area contributed by atoms with Crippen LogP contribution in [-0.2, 0) is 13.1 Å². The maximum atomic E-state index is 12.2. The van der Waals surface area contributed by atoms with Gasteiger partial charge in [0.2, 0.25) is 11.6 Å². The highest BCUT2D eigenvalue weighted by atomic mass is 16.6. The molecule has 0 aliphatic carbocycles. The molecule has 10 heteroatoms. The molecule has 0 saturated carbocycles. The first-order valence-electron chi connectivity index (χ1n) is 10.0. The van der Waals surface area contributed by atoms with E-state index >= 15 is 0 Å². The molecule has 33 heavy (non-hydrogen) atoms. The zero-order valence-corrected chi connectivity index (χ0v) is 17.4. The molecule has 2 N–H and O–H groups in total. The fourth-order valence-electron chi connectivity index (χ4n) is 3.26. The predicted molar refractivity (Wildman–Crippen MR) is 121 cm³/mol. The number of anilines is 2. The summed E-state index contributed by atoms with van der Waals surface area (Å²) in [5.74, 6) is -0.567. The third kappa shape index (κ3) is 5.31. The molecular weight excluding hydrogens is 424 g/mol. The third-order valence-electron chi connectivity index (χ3n) is 4.76. The Morgan fingerprint density at radius 1 is 0.939 bits per heavy atom. The minimum Gasteiger partial charge on any atom is -0.459 e. The zero-order valence-electron chi connectivity index (χ0n) is 17.4. The molecule has 0 bridgehead atoms. The minimum atomic E-state index is -0.597. The fraction of sp³-hybridized carbons (Fsp3) is 0.0870. The molecule has 0 radical (unpaired) electrons. The second-order valence-electron chi connectivity index (χ2n) is 7.04. The lowest BCUT2D eigenvalue weighted by molar-refractivity contribution is -0.383. The van der Waals surface area contributed by atoms with Gasteiger partial charge in [-0.05, 0) is 23.3 Å². The number of furan rings is 1. The summed E-state index contributed by atoms with van der Waals surface area (Å²) in [6, 6.07) is 22.2. The average molecular weight is 444 g/mol. The van der Waals surface area contributed by atoms with Crippen LogP contribution in [0.2, 0.25) is 0 Å². The molecule has 166 valence electrons. The molecule has 0 unspecified atom stereocenters. The van der Waals surface area contributed by atoms with Crippen molar-refractivity contribution in [1.29, 1.82) is 0 Å². The molecule has 4 aromatic rings. The van der Waals surface area contributed by atoms with Crippen LogP contribution in [-0.4, -0.2) is 20.8 Å². The summed E-state index contributed by atoms with van der Waals surface area (Å²) >= 11 is 0. The SMILES string of the molecule is O=C(NNc1ncnc(N(Cc2ccccc2)Cc2ccccc2)c1[N+](=O)[O-])c1ccco1. The van der Waals surface area contributed by atoms with Gasteiger partial charge in [0.05, 0.1) is 11.2 Å². The Labute approximate surface area is 189 Å². The van der Waals surface area contributed by atoms with Gasteiger partial charge >= 0.3 is 11.6 Å². The number of nitro groups is 1. The van der Waals surface area contributed by atoms with Gasteiger partial charge in [0.15, 0.2) is 5.76 Å². The molecule has 2 aromatic heterocycles. The summed E-state index contributed by atoms with van der Waals surface area (Å²) in [6.07, 6.45) is 2.57. The maximum absolute atomic E-state index is 12.2. The average Bonchev–Trinajstić information content (AvgIpc) is 3.38. The van der Waals surface area contributed by atoms with Crippen molar-refractivity contribution in [3.63, 3.8) is 0 Å². The number of carbonyl (C=O) groups excluding carboxylic acids is 1. The Kier molecular flexibility index (Phi) is 6.55. The predicted octanol–water partition coefficient (Wildman–Crippen LogP) is 3.94. The Hall–Kier alpha value is -4.73. The van der Waals surface area contributed by atoms with Gasteiger partial charge in [0.1, 0.15) is 6.33 Å². The van der Waals surface area contributed by atoms with Crippen LogP contribution in [0.3, 0.4) is 0 Å². The van der Waals surface area contributed by atoms with Gasteiger partial charge in [-0.3, -0.25) is 25.8 Å². The van der Waals surface area contributed by atoms with Crippen molar-refractivity contribution in [3.05, 3.63) is 112 Å². The van der Waals surface area contributed by atoms with Crippen molar-refractivity contribution in [2.24, 2.45) is 0 Å². The number of nitrogens with one attached hydrogen (secondary N) is 2. The molecule has 0 aliphatic rings. The zero-order chi connectivity index (χ0) is 23.0. The van der Waals surface area contributed by atoms with E-state index < -0.39 is 10.8 Å². The number of benzene rings is 2. The highest BCUT2D eigenvalue weighted by Crippen LogP contribution is 2.33. The Morgan fingerprint density at radius 3 is 2.12 bits per heavy atom. The van der Waals surface area contributed by atoms with Gasteiger partial charge in [-0.1, -0.05) is 60.7 Å². The highest BCUT2D eigenvalue weighted by Gasteiger charge is 2.28. The molecule has 0 atom stereocenters. The van der Waals surface area contributed by atoms with E-state index in [4.69, 9.17) is 4.42 Å². The van der Waals surface area contributed by atoms with E-state index in [9.17, 15) is 14.9 Å². The molecule has 0 spiro atoms. The lowest BCUT2D eigenvalue weighted by Gasteiger charge is -2.24. The molecule has 2 aromatic carbocycles. The largest absolute Gasteiger partial charge is 0.459 e. The second-order valence-corrected chi connectivity index (χ2v) is 7.04. The number of aromatic nitrogens is 2. The van der Waals surface area contributed by atoms with Crippen molar-refractivity contribution in [2.75, 3.05) is 10.3 Å².